The number of amides is 1. The molecule has 0 saturated carbocycles. The Balaban J connectivity index is 1.38. The largest absolute Gasteiger partial charge is 0.441 e. The average Bonchev–Trinajstić information content (AvgIpc) is 3.39. The third kappa shape index (κ3) is 4.07. The minimum atomic E-state index is -0.740. The molecular weight excluding hydrogens is 394 g/mol. The summed E-state index contributed by atoms with van der Waals surface area (Å²) in [5.41, 5.74) is 2.02. The van der Waals surface area contributed by atoms with Gasteiger partial charge in [0.25, 0.3) is 0 Å². The Labute approximate surface area is 169 Å². The Morgan fingerprint density at radius 3 is 2.70 bits per heavy atom. The molecule has 152 valence electrons. The molecule has 10 heteroatoms. The summed E-state index contributed by atoms with van der Waals surface area (Å²) in [4.78, 5) is 16.3. The van der Waals surface area contributed by atoms with E-state index in [2.05, 4.69) is 25.8 Å². The van der Waals surface area contributed by atoms with Crippen molar-refractivity contribution in [2.45, 2.75) is 19.8 Å². The summed E-state index contributed by atoms with van der Waals surface area (Å²) in [5.74, 6) is -1.53. The van der Waals surface area contributed by atoms with E-state index < -0.39 is 11.6 Å². The van der Waals surface area contributed by atoms with Crippen LogP contribution in [0.2, 0.25) is 0 Å². The lowest BCUT2D eigenvalue weighted by Crippen LogP contribution is -2.12. The van der Waals surface area contributed by atoms with E-state index in [4.69, 9.17) is 4.42 Å². The van der Waals surface area contributed by atoms with E-state index in [0.29, 0.717) is 5.69 Å². The Hall–Kier alpha value is -3.95. The number of nitrogens with zero attached hydrogens (tertiary/aromatic N) is 5. The highest BCUT2D eigenvalue weighted by molar-refractivity contribution is 5.91. The van der Waals surface area contributed by atoms with E-state index in [-0.39, 0.29) is 36.0 Å². The first kappa shape index (κ1) is 19.4. The summed E-state index contributed by atoms with van der Waals surface area (Å²) in [6.07, 6.45) is 3.01. The summed E-state index contributed by atoms with van der Waals surface area (Å²) in [6.45, 7) is 1.88. The third-order valence-corrected chi connectivity index (χ3v) is 4.41. The van der Waals surface area contributed by atoms with Crippen molar-refractivity contribution in [1.29, 1.82) is 0 Å². The predicted octanol–water partition coefficient (Wildman–Crippen LogP) is 3.48. The van der Waals surface area contributed by atoms with E-state index in [1.54, 1.807) is 18.2 Å². The van der Waals surface area contributed by atoms with Crippen molar-refractivity contribution in [3.63, 3.8) is 0 Å². The number of carbonyl (C=O) groups is 1. The van der Waals surface area contributed by atoms with Crippen LogP contribution in [0.25, 0.3) is 17.0 Å². The minimum absolute atomic E-state index is 0.0187. The number of halogens is 2. The molecule has 0 aliphatic carbocycles. The normalized spacial score (nSPS) is 10.9. The lowest BCUT2D eigenvalue weighted by atomic mass is 10.1. The fraction of sp³-hybridized carbons (Fsp3) is 0.150. The van der Waals surface area contributed by atoms with Crippen LogP contribution in [0.5, 0.6) is 0 Å². The quantitative estimate of drug-likeness (QED) is 0.523. The number of aromatic nitrogens is 5. The van der Waals surface area contributed by atoms with Crippen molar-refractivity contribution >= 4 is 11.6 Å². The Kier molecular flexibility index (Phi) is 5.29. The molecule has 0 fully saturated rings. The molecule has 0 radical (unpaired) electrons. The van der Waals surface area contributed by atoms with Gasteiger partial charge < -0.3 is 9.73 Å². The van der Waals surface area contributed by atoms with Gasteiger partial charge in [0, 0.05) is 18.5 Å². The van der Waals surface area contributed by atoms with Gasteiger partial charge in [0.1, 0.15) is 18.0 Å². The van der Waals surface area contributed by atoms with Crippen molar-refractivity contribution in [2.24, 2.45) is 0 Å². The van der Waals surface area contributed by atoms with E-state index in [1.807, 2.05) is 6.92 Å². The molecule has 1 amide bonds. The smallest absolute Gasteiger partial charge is 0.224 e. The maximum absolute atomic E-state index is 13.8. The molecule has 0 atom stereocenters. The molecule has 4 rings (SSSR count). The molecule has 0 spiro atoms. The van der Waals surface area contributed by atoms with Crippen molar-refractivity contribution in [3.05, 3.63) is 72.0 Å². The first-order valence-electron chi connectivity index (χ1n) is 9.04. The van der Waals surface area contributed by atoms with Crippen LogP contribution in [0.3, 0.4) is 0 Å². The summed E-state index contributed by atoms with van der Waals surface area (Å²) < 4.78 is 34.6. The molecule has 0 aliphatic heterocycles. The zero-order chi connectivity index (χ0) is 21.1. The second kappa shape index (κ2) is 8.19. The second-order valence-corrected chi connectivity index (χ2v) is 6.52. The summed E-state index contributed by atoms with van der Waals surface area (Å²) >= 11 is 0. The summed E-state index contributed by atoms with van der Waals surface area (Å²) in [7, 11) is 0. The van der Waals surface area contributed by atoms with Crippen LogP contribution in [-0.4, -0.2) is 31.1 Å². The van der Waals surface area contributed by atoms with Gasteiger partial charge in [0.2, 0.25) is 5.91 Å². The van der Waals surface area contributed by atoms with Crippen LogP contribution in [0.15, 0.2) is 53.3 Å². The molecule has 0 aliphatic rings. The van der Waals surface area contributed by atoms with E-state index in [1.165, 1.54) is 23.3 Å². The van der Waals surface area contributed by atoms with E-state index >= 15 is 0 Å². The van der Waals surface area contributed by atoms with Gasteiger partial charge in [-0.3, -0.25) is 4.79 Å². The first-order chi connectivity index (χ1) is 14.5. The molecule has 2 aromatic heterocycles. The van der Waals surface area contributed by atoms with Gasteiger partial charge in [-0.25, -0.2) is 18.4 Å². The van der Waals surface area contributed by atoms with Gasteiger partial charge >= 0.3 is 0 Å². The molecule has 1 N–H and O–H groups in total. The maximum atomic E-state index is 13.8. The predicted molar refractivity (Wildman–Crippen MR) is 103 cm³/mol. The standard InChI is InChI=1S/C20H16F2N6O2/c1-12-9-13(5-6-16(12)28-11-24-26-27-28)25-18(29)7-8-19-23-10-17(30-19)20-14(21)3-2-4-15(20)22/h2-6,9-11H,7-8H2,1H3,(H,25,29). The summed E-state index contributed by atoms with van der Waals surface area (Å²) in [5, 5.41) is 13.8. The molecule has 30 heavy (non-hydrogen) atoms. The number of nitrogens with one attached hydrogen (secondary N) is 1. The highest BCUT2D eigenvalue weighted by Crippen LogP contribution is 2.27. The van der Waals surface area contributed by atoms with Gasteiger partial charge in [0.05, 0.1) is 17.4 Å². The molecular formula is C20H16F2N6O2. The van der Waals surface area contributed by atoms with Crippen LogP contribution in [0, 0.1) is 18.6 Å². The summed E-state index contributed by atoms with van der Waals surface area (Å²) in [6, 6.07) is 8.89. The van der Waals surface area contributed by atoms with Crippen LogP contribution < -0.4 is 5.32 Å². The topological polar surface area (TPSA) is 98.7 Å². The number of oxazole rings is 1. The van der Waals surface area contributed by atoms with Crippen LogP contribution in [-0.2, 0) is 11.2 Å². The maximum Gasteiger partial charge on any atom is 0.224 e. The van der Waals surface area contributed by atoms with E-state index in [9.17, 15) is 13.6 Å². The van der Waals surface area contributed by atoms with Crippen LogP contribution >= 0.6 is 0 Å². The first-order valence-corrected chi connectivity index (χ1v) is 9.04. The molecule has 4 aromatic rings. The van der Waals surface area contributed by atoms with Crippen LogP contribution in [0.1, 0.15) is 17.9 Å². The zero-order valence-corrected chi connectivity index (χ0v) is 15.8. The molecule has 0 unspecified atom stereocenters. The number of carbonyl (C=O) groups excluding carboxylic acids is 1. The lowest BCUT2D eigenvalue weighted by Gasteiger charge is -2.09. The van der Waals surface area contributed by atoms with Gasteiger partial charge in [-0.15, -0.1) is 5.10 Å². The molecule has 2 heterocycles. The number of anilines is 1. The van der Waals surface area contributed by atoms with Crippen molar-refractivity contribution in [1.82, 2.24) is 25.2 Å². The Morgan fingerprint density at radius 1 is 1.20 bits per heavy atom. The number of hydrogen-bond acceptors (Lipinski definition) is 6. The lowest BCUT2D eigenvalue weighted by molar-refractivity contribution is -0.116. The number of benzene rings is 2. The number of rotatable bonds is 6. The van der Waals surface area contributed by atoms with Crippen molar-refractivity contribution in [2.75, 3.05) is 5.32 Å². The second-order valence-electron chi connectivity index (χ2n) is 6.52. The number of aryl methyl sites for hydroxylation is 2. The molecule has 8 nitrogen and oxygen atoms in total. The van der Waals surface area contributed by atoms with Crippen LogP contribution in [0.4, 0.5) is 14.5 Å². The zero-order valence-electron chi connectivity index (χ0n) is 15.8. The van der Waals surface area contributed by atoms with Gasteiger partial charge in [0.15, 0.2) is 11.7 Å². The van der Waals surface area contributed by atoms with Crippen molar-refractivity contribution < 1.29 is 18.0 Å². The van der Waals surface area contributed by atoms with Gasteiger partial charge in [-0.2, -0.15) is 0 Å². The molecule has 0 bridgehead atoms. The van der Waals surface area contributed by atoms with Crippen molar-refractivity contribution in [3.8, 4) is 17.0 Å². The van der Waals surface area contributed by atoms with E-state index in [0.717, 1.165) is 23.4 Å². The monoisotopic (exact) mass is 410 g/mol. The van der Waals surface area contributed by atoms with Gasteiger partial charge in [-0.1, -0.05) is 6.07 Å². The van der Waals surface area contributed by atoms with Gasteiger partial charge in [-0.05, 0) is 53.2 Å². The number of tetrazole rings is 1. The number of hydrogen-bond donors (Lipinski definition) is 1. The molecule has 2 aromatic carbocycles. The highest BCUT2D eigenvalue weighted by Gasteiger charge is 2.16. The Bertz CT molecular complexity index is 1170. The Morgan fingerprint density at radius 2 is 2.00 bits per heavy atom. The third-order valence-electron chi connectivity index (χ3n) is 4.41. The minimum Gasteiger partial charge on any atom is -0.441 e. The fourth-order valence-corrected chi connectivity index (χ4v) is 2.98. The fourth-order valence-electron chi connectivity index (χ4n) is 2.98. The highest BCUT2D eigenvalue weighted by atomic mass is 19.1. The average molecular weight is 410 g/mol. The SMILES string of the molecule is Cc1cc(NC(=O)CCc2ncc(-c3c(F)cccc3F)o2)ccc1-n1cnnn1. The molecule has 0 saturated heterocycles.